The lowest BCUT2D eigenvalue weighted by atomic mass is 10.1. The normalized spacial score (nSPS) is 19.9. The maximum atomic E-state index is 9.65. The molecule has 0 bridgehead atoms. The van der Waals surface area contributed by atoms with E-state index in [0.717, 1.165) is 29.7 Å². The molecule has 0 spiro atoms. The van der Waals surface area contributed by atoms with E-state index in [0.29, 0.717) is 6.42 Å². The molecule has 0 saturated heterocycles. The number of rotatable bonds is 3. The van der Waals surface area contributed by atoms with Crippen molar-refractivity contribution in [1.29, 1.82) is 5.26 Å². The molecule has 0 radical (unpaired) electrons. The SMILES string of the molecule is CCC(C#N)Oc1ccc2c(c1)CC[C@@H]2O. The van der Waals surface area contributed by atoms with Crippen LogP contribution in [0.15, 0.2) is 18.2 Å². The summed E-state index contributed by atoms with van der Waals surface area (Å²) in [5.74, 6) is 0.723. The van der Waals surface area contributed by atoms with Gasteiger partial charge in [-0.1, -0.05) is 13.0 Å². The molecule has 0 aliphatic heterocycles. The fourth-order valence-electron chi connectivity index (χ4n) is 2.01. The smallest absolute Gasteiger partial charge is 0.184 e. The lowest BCUT2D eigenvalue weighted by Gasteiger charge is -2.11. The van der Waals surface area contributed by atoms with Crippen molar-refractivity contribution in [1.82, 2.24) is 0 Å². The van der Waals surface area contributed by atoms with Crippen LogP contribution >= 0.6 is 0 Å². The molecule has 1 aromatic carbocycles. The van der Waals surface area contributed by atoms with Crippen LogP contribution in [0.2, 0.25) is 0 Å². The number of hydrogen-bond donors (Lipinski definition) is 1. The van der Waals surface area contributed by atoms with Crippen LogP contribution in [0.5, 0.6) is 5.75 Å². The van der Waals surface area contributed by atoms with Crippen molar-refractivity contribution in [3.8, 4) is 11.8 Å². The van der Waals surface area contributed by atoms with Crippen LogP contribution in [-0.2, 0) is 6.42 Å². The highest BCUT2D eigenvalue weighted by Crippen LogP contribution is 2.33. The summed E-state index contributed by atoms with van der Waals surface area (Å²) in [6.07, 6.45) is 1.63. The number of ether oxygens (including phenoxy) is 1. The van der Waals surface area contributed by atoms with E-state index >= 15 is 0 Å². The van der Waals surface area contributed by atoms with Gasteiger partial charge in [0.1, 0.15) is 11.8 Å². The van der Waals surface area contributed by atoms with Gasteiger partial charge in [0, 0.05) is 0 Å². The zero-order chi connectivity index (χ0) is 11.5. The summed E-state index contributed by atoms with van der Waals surface area (Å²) >= 11 is 0. The summed E-state index contributed by atoms with van der Waals surface area (Å²) in [6.45, 7) is 1.92. The number of benzene rings is 1. The molecule has 1 aromatic rings. The van der Waals surface area contributed by atoms with E-state index in [1.54, 1.807) is 0 Å². The molecule has 1 aliphatic carbocycles. The van der Waals surface area contributed by atoms with Crippen molar-refractivity contribution in [2.75, 3.05) is 0 Å². The van der Waals surface area contributed by atoms with Gasteiger partial charge in [-0.25, -0.2) is 0 Å². The van der Waals surface area contributed by atoms with Crippen LogP contribution in [0.3, 0.4) is 0 Å². The van der Waals surface area contributed by atoms with Crippen LogP contribution in [0.1, 0.15) is 37.0 Å². The summed E-state index contributed by atoms with van der Waals surface area (Å²) in [6, 6.07) is 7.76. The van der Waals surface area contributed by atoms with Crippen molar-refractivity contribution in [3.05, 3.63) is 29.3 Å². The molecule has 2 atom stereocenters. The summed E-state index contributed by atoms with van der Waals surface area (Å²) < 4.78 is 5.53. The highest BCUT2D eigenvalue weighted by Gasteiger charge is 2.20. The molecule has 1 N–H and O–H groups in total. The average molecular weight is 217 g/mol. The summed E-state index contributed by atoms with van der Waals surface area (Å²) in [5, 5.41) is 18.5. The minimum atomic E-state index is -0.385. The average Bonchev–Trinajstić information content (AvgIpc) is 2.68. The van der Waals surface area contributed by atoms with Crippen LogP contribution in [-0.4, -0.2) is 11.2 Å². The van der Waals surface area contributed by atoms with Crippen LogP contribution in [0.4, 0.5) is 0 Å². The standard InChI is InChI=1S/C13H15NO2/c1-2-10(8-14)16-11-4-5-12-9(7-11)3-6-13(12)15/h4-5,7,10,13,15H,2-3,6H2,1H3/t10?,13-/m0/s1. The number of nitriles is 1. The molecule has 0 aromatic heterocycles. The number of fused-ring (bicyclic) bond motifs is 1. The van der Waals surface area contributed by atoms with Crippen molar-refractivity contribution >= 4 is 0 Å². The van der Waals surface area contributed by atoms with Crippen molar-refractivity contribution in [2.24, 2.45) is 0 Å². The van der Waals surface area contributed by atoms with E-state index in [1.807, 2.05) is 25.1 Å². The topological polar surface area (TPSA) is 53.2 Å². The second-order valence-corrected chi connectivity index (χ2v) is 4.06. The van der Waals surface area contributed by atoms with Crippen molar-refractivity contribution < 1.29 is 9.84 Å². The zero-order valence-corrected chi connectivity index (χ0v) is 9.31. The van der Waals surface area contributed by atoms with Crippen molar-refractivity contribution in [3.63, 3.8) is 0 Å². The van der Waals surface area contributed by atoms with Gasteiger partial charge in [-0.2, -0.15) is 5.26 Å². The Balaban J connectivity index is 2.17. The van der Waals surface area contributed by atoms with Gasteiger partial charge in [-0.15, -0.1) is 0 Å². The van der Waals surface area contributed by atoms with E-state index < -0.39 is 0 Å². The Bertz CT molecular complexity index is 422. The van der Waals surface area contributed by atoms with E-state index in [1.165, 1.54) is 0 Å². The molecule has 1 aliphatic rings. The molecule has 3 nitrogen and oxygen atoms in total. The highest BCUT2D eigenvalue weighted by molar-refractivity contribution is 5.40. The first-order chi connectivity index (χ1) is 7.74. The van der Waals surface area contributed by atoms with Gasteiger partial charge >= 0.3 is 0 Å². The number of aryl methyl sites for hydroxylation is 1. The fourth-order valence-corrected chi connectivity index (χ4v) is 2.01. The zero-order valence-electron chi connectivity index (χ0n) is 9.31. The fraction of sp³-hybridized carbons (Fsp3) is 0.462. The quantitative estimate of drug-likeness (QED) is 0.845. The van der Waals surface area contributed by atoms with Gasteiger partial charge < -0.3 is 9.84 Å². The second kappa shape index (κ2) is 4.54. The Morgan fingerprint density at radius 1 is 1.62 bits per heavy atom. The molecule has 0 heterocycles. The Morgan fingerprint density at radius 2 is 2.44 bits per heavy atom. The number of aliphatic hydroxyl groups excluding tert-OH is 1. The van der Waals surface area contributed by atoms with Gasteiger partial charge in [-0.3, -0.25) is 0 Å². The Labute approximate surface area is 95.3 Å². The first-order valence-electron chi connectivity index (χ1n) is 5.61. The lowest BCUT2D eigenvalue weighted by Crippen LogP contribution is -2.12. The van der Waals surface area contributed by atoms with Gasteiger partial charge in [-0.05, 0) is 42.5 Å². The monoisotopic (exact) mass is 217 g/mol. The Morgan fingerprint density at radius 3 is 3.12 bits per heavy atom. The first-order valence-corrected chi connectivity index (χ1v) is 5.61. The van der Waals surface area contributed by atoms with Gasteiger partial charge in [0.25, 0.3) is 0 Å². The number of hydrogen-bond acceptors (Lipinski definition) is 3. The van der Waals surface area contributed by atoms with Gasteiger partial charge in [0.2, 0.25) is 0 Å². The van der Waals surface area contributed by atoms with Crippen LogP contribution in [0.25, 0.3) is 0 Å². The third-order valence-electron chi connectivity index (χ3n) is 2.95. The summed E-state index contributed by atoms with van der Waals surface area (Å²) in [4.78, 5) is 0. The molecular weight excluding hydrogens is 202 g/mol. The third-order valence-corrected chi connectivity index (χ3v) is 2.95. The molecule has 1 unspecified atom stereocenters. The molecular formula is C13H15NO2. The van der Waals surface area contributed by atoms with Gasteiger partial charge in [0.05, 0.1) is 6.10 Å². The maximum absolute atomic E-state index is 9.65. The van der Waals surface area contributed by atoms with E-state index in [4.69, 9.17) is 10.00 Å². The van der Waals surface area contributed by atoms with Gasteiger partial charge in [0.15, 0.2) is 6.10 Å². The number of aliphatic hydroxyl groups is 1. The second-order valence-electron chi connectivity index (χ2n) is 4.06. The van der Waals surface area contributed by atoms with Crippen LogP contribution < -0.4 is 4.74 Å². The molecule has 0 fully saturated rings. The Hall–Kier alpha value is -1.53. The predicted octanol–water partition coefficient (Wildman–Crippen LogP) is 2.35. The molecule has 84 valence electrons. The van der Waals surface area contributed by atoms with E-state index in [-0.39, 0.29) is 12.2 Å². The predicted molar refractivity (Wildman–Crippen MR) is 60.0 cm³/mol. The van der Waals surface area contributed by atoms with E-state index in [2.05, 4.69) is 6.07 Å². The Kier molecular flexibility index (Phi) is 3.12. The third kappa shape index (κ3) is 2.02. The van der Waals surface area contributed by atoms with E-state index in [9.17, 15) is 5.11 Å². The highest BCUT2D eigenvalue weighted by atomic mass is 16.5. The summed E-state index contributed by atoms with van der Waals surface area (Å²) in [5.41, 5.74) is 2.13. The molecule has 0 saturated carbocycles. The minimum Gasteiger partial charge on any atom is -0.476 e. The van der Waals surface area contributed by atoms with Crippen LogP contribution in [0, 0.1) is 11.3 Å². The molecule has 2 rings (SSSR count). The molecule has 16 heavy (non-hydrogen) atoms. The molecule has 3 heteroatoms. The largest absolute Gasteiger partial charge is 0.476 e. The summed E-state index contributed by atoms with van der Waals surface area (Å²) in [7, 11) is 0. The van der Waals surface area contributed by atoms with Crippen molar-refractivity contribution in [2.45, 2.75) is 38.4 Å². The lowest BCUT2D eigenvalue weighted by molar-refractivity contribution is 0.180. The molecule has 0 amide bonds. The maximum Gasteiger partial charge on any atom is 0.184 e. The minimum absolute atomic E-state index is 0.331. The first kappa shape index (κ1) is 11.0. The number of nitrogens with zero attached hydrogens (tertiary/aromatic N) is 1.